The van der Waals surface area contributed by atoms with Crippen LogP contribution < -0.4 is 5.73 Å². The molecule has 21 heavy (non-hydrogen) atoms. The SMILES string of the molecule is NC(c1ccc(F)c(F)c1F)C1CCOC2(CCCC2)C1. The standard InChI is InChI=1S/C16H20F3NO/c17-12-4-3-11(13(18)14(12)19)15(20)10-5-8-21-16(9-10)6-1-2-7-16/h3-4,10,15H,1-2,5-9,20H2. The average molecular weight is 299 g/mol. The van der Waals surface area contributed by atoms with Crippen molar-refractivity contribution in [3.8, 4) is 0 Å². The molecular formula is C16H20F3NO. The lowest BCUT2D eigenvalue weighted by molar-refractivity contribution is -0.0965. The Morgan fingerprint density at radius 2 is 1.86 bits per heavy atom. The molecule has 0 amide bonds. The Balaban J connectivity index is 1.81. The van der Waals surface area contributed by atoms with Gasteiger partial charge in [0.2, 0.25) is 0 Å². The fraction of sp³-hybridized carbons (Fsp3) is 0.625. The maximum atomic E-state index is 13.9. The zero-order chi connectivity index (χ0) is 15.0. The number of hydrogen-bond donors (Lipinski definition) is 1. The summed E-state index contributed by atoms with van der Waals surface area (Å²) >= 11 is 0. The summed E-state index contributed by atoms with van der Waals surface area (Å²) in [6.07, 6.45) is 5.80. The molecule has 2 atom stereocenters. The number of ether oxygens (including phenoxy) is 1. The van der Waals surface area contributed by atoms with Crippen LogP contribution in [0.4, 0.5) is 13.2 Å². The van der Waals surface area contributed by atoms with Gasteiger partial charge in [-0.2, -0.15) is 0 Å². The summed E-state index contributed by atoms with van der Waals surface area (Å²) in [5.41, 5.74) is 6.09. The van der Waals surface area contributed by atoms with E-state index in [0.29, 0.717) is 6.61 Å². The Kier molecular flexibility index (Phi) is 3.97. The van der Waals surface area contributed by atoms with E-state index in [0.717, 1.165) is 44.6 Å². The zero-order valence-electron chi connectivity index (χ0n) is 11.9. The van der Waals surface area contributed by atoms with Crippen molar-refractivity contribution < 1.29 is 17.9 Å². The highest BCUT2D eigenvalue weighted by atomic mass is 19.2. The van der Waals surface area contributed by atoms with Gasteiger partial charge in [0, 0.05) is 18.2 Å². The second-order valence-corrected chi connectivity index (χ2v) is 6.28. The molecule has 1 aliphatic carbocycles. The number of hydrogen-bond acceptors (Lipinski definition) is 2. The molecule has 2 unspecified atom stereocenters. The van der Waals surface area contributed by atoms with Crippen molar-refractivity contribution in [2.24, 2.45) is 11.7 Å². The monoisotopic (exact) mass is 299 g/mol. The van der Waals surface area contributed by atoms with E-state index in [9.17, 15) is 13.2 Å². The van der Waals surface area contributed by atoms with Gasteiger partial charge in [-0.25, -0.2) is 13.2 Å². The Labute approximate surface area is 122 Å². The van der Waals surface area contributed by atoms with Crippen molar-refractivity contribution in [1.82, 2.24) is 0 Å². The van der Waals surface area contributed by atoms with Gasteiger partial charge < -0.3 is 10.5 Å². The summed E-state index contributed by atoms with van der Waals surface area (Å²) in [4.78, 5) is 0. The minimum atomic E-state index is -1.44. The van der Waals surface area contributed by atoms with E-state index in [1.54, 1.807) is 0 Å². The molecule has 1 aromatic carbocycles. The molecular weight excluding hydrogens is 279 g/mol. The van der Waals surface area contributed by atoms with E-state index in [-0.39, 0.29) is 17.1 Å². The smallest absolute Gasteiger partial charge is 0.194 e. The molecule has 0 radical (unpaired) electrons. The van der Waals surface area contributed by atoms with Crippen LogP contribution >= 0.6 is 0 Å². The predicted molar refractivity (Wildman–Crippen MR) is 73.1 cm³/mol. The Morgan fingerprint density at radius 3 is 2.57 bits per heavy atom. The van der Waals surface area contributed by atoms with Crippen LogP contribution in [0.2, 0.25) is 0 Å². The highest BCUT2D eigenvalue weighted by Gasteiger charge is 2.42. The first-order chi connectivity index (χ1) is 10.0. The third-order valence-corrected chi connectivity index (χ3v) is 4.98. The van der Waals surface area contributed by atoms with E-state index in [1.807, 2.05) is 0 Å². The van der Waals surface area contributed by atoms with Crippen molar-refractivity contribution >= 4 is 0 Å². The lowest BCUT2D eigenvalue weighted by Crippen LogP contribution is -2.41. The first-order valence-electron chi connectivity index (χ1n) is 7.55. The van der Waals surface area contributed by atoms with Crippen LogP contribution in [0, 0.1) is 23.4 Å². The van der Waals surface area contributed by atoms with Crippen molar-refractivity contribution in [3.05, 3.63) is 35.1 Å². The Morgan fingerprint density at radius 1 is 1.14 bits per heavy atom. The summed E-state index contributed by atoms with van der Waals surface area (Å²) in [5.74, 6) is -3.74. The molecule has 1 aromatic rings. The second kappa shape index (κ2) is 5.61. The lowest BCUT2D eigenvalue weighted by Gasteiger charge is -2.40. The van der Waals surface area contributed by atoms with E-state index >= 15 is 0 Å². The van der Waals surface area contributed by atoms with Crippen LogP contribution in [0.1, 0.15) is 50.1 Å². The fourth-order valence-corrected chi connectivity index (χ4v) is 3.79. The fourth-order valence-electron chi connectivity index (χ4n) is 3.79. The van der Waals surface area contributed by atoms with Gasteiger partial charge in [-0.3, -0.25) is 0 Å². The molecule has 1 heterocycles. The molecule has 1 spiro atoms. The third kappa shape index (κ3) is 2.69. The van der Waals surface area contributed by atoms with E-state index < -0.39 is 23.5 Å². The molecule has 2 N–H and O–H groups in total. The molecule has 1 aliphatic heterocycles. The van der Waals surface area contributed by atoms with Crippen LogP contribution in [0.25, 0.3) is 0 Å². The quantitative estimate of drug-likeness (QED) is 0.842. The van der Waals surface area contributed by atoms with Crippen LogP contribution in [-0.4, -0.2) is 12.2 Å². The average Bonchev–Trinajstić information content (AvgIpc) is 2.92. The molecule has 2 aliphatic rings. The topological polar surface area (TPSA) is 35.2 Å². The van der Waals surface area contributed by atoms with Crippen LogP contribution in [-0.2, 0) is 4.74 Å². The maximum absolute atomic E-state index is 13.9. The van der Waals surface area contributed by atoms with E-state index in [1.165, 1.54) is 6.07 Å². The first kappa shape index (κ1) is 14.9. The van der Waals surface area contributed by atoms with Gasteiger partial charge in [0.25, 0.3) is 0 Å². The van der Waals surface area contributed by atoms with Crippen molar-refractivity contribution in [3.63, 3.8) is 0 Å². The molecule has 2 nitrogen and oxygen atoms in total. The molecule has 3 rings (SSSR count). The van der Waals surface area contributed by atoms with Gasteiger partial charge in [0.05, 0.1) is 5.60 Å². The minimum Gasteiger partial charge on any atom is -0.375 e. The zero-order valence-corrected chi connectivity index (χ0v) is 11.9. The number of nitrogens with two attached hydrogens (primary N) is 1. The van der Waals surface area contributed by atoms with Crippen LogP contribution in [0.5, 0.6) is 0 Å². The van der Waals surface area contributed by atoms with Crippen molar-refractivity contribution in [2.45, 2.75) is 50.2 Å². The summed E-state index contributed by atoms with van der Waals surface area (Å²) in [6, 6.07) is 1.58. The molecule has 0 bridgehead atoms. The van der Waals surface area contributed by atoms with E-state index in [2.05, 4.69) is 0 Å². The van der Waals surface area contributed by atoms with E-state index in [4.69, 9.17) is 10.5 Å². The Bertz CT molecular complexity index is 528. The molecule has 1 saturated heterocycles. The maximum Gasteiger partial charge on any atom is 0.194 e. The Hall–Kier alpha value is -1.07. The minimum absolute atomic E-state index is 0.0382. The summed E-state index contributed by atoms with van der Waals surface area (Å²) in [5, 5.41) is 0. The van der Waals surface area contributed by atoms with Gasteiger partial charge in [-0.15, -0.1) is 0 Å². The highest BCUT2D eigenvalue weighted by Crippen LogP contribution is 2.45. The highest BCUT2D eigenvalue weighted by molar-refractivity contribution is 5.24. The predicted octanol–water partition coefficient (Wildman–Crippen LogP) is 3.84. The molecule has 116 valence electrons. The van der Waals surface area contributed by atoms with Crippen LogP contribution in [0.15, 0.2) is 12.1 Å². The lowest BCUT2D eigenvalue weighted by atomic mass is 9.79. The van der Waals surface area contributed by atoms with Gasteiger partial charge in [0.1, 0.15) is 0 Å². The third-order valence-electron chi connectivity index (χ3n) is 4.98. The van der Waals surface area contributed by atoms with Gasteiger partial charge >= 0.3 is 0 Å². The van der Waals surface area contributed by atoms with Crippen molar-refractivity contribution in [2.75, 3.05) is 6.61 Å². The number of benzene rings is 1. The van der Waals surface area contributed by atoms with Gasteiger partial charge in [0.15, 0.2) is 17.5 Å². The normalized spacial score (nSPS) is 26.2. The number of rotatable bonds is 2. The number of halogens is 3. The van der Waals surface area contributed by atoms with Crippen molar-refractivity contribution in [1.29, 1.82) is 0 Å². The summed E-state index contributed by atoms with van der Waals surface area (Å²) in [6.45, 7) is 0.601. The molecule has 0 aromatic heterocycles. The van der Waals surface area contributed by atoms with Gasteiger partial charge in [-0.1, -0.05) is 18.9 Å². The van der Waals surface area contributed by atoms with Gasteiger partial charge in [-0.05, 0) is 37.7 Å². The molecule has 2 fully saturated rings. The second-order valence-electron chi connectivity index (χ2n) is 6.28. The van der Waals surface area contributed by atoms with Crippen LogP contribution in [0.3, 0.4) is 0 Å². The summed E-state index contributed by atoms with van der Waals surface area (Å²) in [7, 11) is 0. The largest absolute Gasteiger partial charge is 0.375 e. The summed E-state index contributed by atoms with van der Waals surface area (Å²) < 4.78 is 46.3. The molecule has 5 heteroatoms. The molecule has 1 saturated carbocycles. The first-order valence-corrected chi connectivity index (χ1v) is 7.55.